The summed E-state index contributed by atoms with van der Waals surface area (Å²) in [5, 5.41) is 4.47. The fourth-order valence-electron chi connectivity index (χ4n) is 5.33. The molecule has 1 saturated carbocycles. The molecule has 5 heteroatoms. The van der Waals surface area contributed by atoms with Crippen molar-refractivity contribution in [1.82, 2.24) is 5.32 Å². The molecule has 2 aromatic rings. The number of imide groups is 1. The summed E-state index contributed by atoms with van der Waals surface area (Å²) in [4.78, 5) is 38.8. The lowest BCUT2D eigenvalue weighted by atomic mass is 9.79. The Balaban J connectivity index is 1.51. The molecule has 3 aliphatic rings. The van der Waals surface area contributed by atoms with Gasteiger partial charge in [-0.05, 0) is 60.6 Å². The van der Waals surface area contributed by atoms with Gasteiger partial charge in [0.1, 0.15) is 6.04 Å². The van der Waals surface area contributed by atoms with Crippen LogP contribution < -0.4 is 10.2 Å². The lowest BCUT2D eigenvalue weighted by Gasteiger charge is -2.30. The van der Waals surface area contributed by atoms with Crippen molar-refractivity contribution in [3.05, 3.63) is 41.5 Å². The van der Waals surface area contributed by atoms with Gasteiger partial charge in [0.15, 0.2) is 0 Å². The number of anilines is 1. The highest BCUT2D eigenvalue weighted by Gasteiger charge is 2.40. The van der Waals surface area contributed by atoms with E-state index in [2.05, 4.69) is 24.4 Å². The van der Waals surface area contributed by atoms with Gasteiger partial charge in [-0.3, -0.25) is 24.6 Å². The summed E-state index contributed by atoms with van der Waals surface area (Å²) in [7, 11) is 0. The Morgan fingerprint density at radius 1 is 1.00 bits per heavy atom. The van der Waals surface area contributed by atoms with Crippen LogP contribution in [0.4, 0.5) is 5.69 Å². The minimum atomic E-state index is -0.624. The maximum atomic E-state index is 13.2. The summed E-state index contributed by atoms with van der Waals surface area (Å²) < 4.78 is 0. The van der Waals surface area contributed by atoms with Gasteiger partial charge < -0.3 is 0 Å². The fourth-order valence-corrected chi connectivity index (χ4v) is 5.33. The molecule has 5 nitrogen and oxygen atoms in total. The molecule has 0 spiro atoms. The zero-order chi connectivity index (χ0) is 20.1. The monoisotopic (exact) mass is 390 g/mol. The van der Waals surface area contributed by atoms with E-state index in [1.807, 2.05) is 18.2 Å². The topological polar surface area (TPSA) is 66.5 Å². The number of piperidine rings is 1. The molecule has 2 aromatic carbocycles. The summed E-state index contributed by atoms with van der Waals surface area (Å²) in [5.41, 5.74) is 2.76. The molecule has 2 fully saturated rings. The molecule has 0 aromatic heterocycles. The zero-order valence-corrected chi connectivity index (χ0v) is 16.7. The Bertz CT molecular complexity index is 1020. The second-order valence-electron chi connectivity index (χ2n) is 8.94. The Labute approximate surface area is 170 Å². The Kier molecular flexibility index (Phi) is 4.41. The molecule has 29 heavy (non-hydrogen) atoms. The number of benzene rings is 2. The van der Waals surface area contributed by atoms with Crippen molar-refractivity contribution in [2.45, 2.75) is 57.9 Å². The lowest BCUT2D eigenvalue weighted by molar-refractivity contribution is -0.134. The lowest BCUT2D eigenvalue weighted by Crippen LogP contribution is -2.53. The van der Waals surface area contributed by atoms with Crippen molar-refractivity contribution in [1.29, 1.82) is 0 Å². The van der Waals surface area contributed by atoms with Crippen molar-refractivity contribution in [2.24, 2.45) is 11.8 Å². The maximum Gasteiger partial charge on any atom is 0.259 e. The van der Waals surface area contributed by atoms with Gasteiger partial charge in [-0.1, -0.05) is 38.0 Å². The van der Waals surface area contributed by atoms with E-state index in [1.54, 1.807) is 4.90 Å². The first-order valence-corrected chi connectivity index (χ1v) is 10.7. The van der Waals surface area contributed by atoms with Crippen LogP contribution in [0.3, 0.4) is 0 Å². The van der Waals surface area contributed by atoms with E-state index in [9.17, 15) is 14.4 Å². The highest BCUT2D eigenvalue weighted by molar-refractivity contribution is 6.27. The van der Waals surface area contributed by atoms with Crippen LogP contribution >= 0.6 is 0 Å². The minimum absolute atomic E-state index is 0.135. The molecule has 3 amide bonds. The van der Waals surface area contributed by atoms with Crippen molar-refractivity contribution < 1.29 is 14.4 Å². The van der Waals surface area contributed by atoms with Crippen LogP contribution in [0.25, 0.3) is 10.8 Å². The van der Waals surface area contributed by atoms with Crippen LogP contribution in [0, 0.1) is 11.8 Å². The molecule has 1 aliphatic carbocycles. The maximum absolute atomic E-state index is 13.2. The molecule has 1 unspecified atom stereocenters. The van der Waals surface area contributed by atoms with Crippen LogP contribution in [0.15, 0.2) is 30.3 Å². The highest BCUT2D eigenvalue weighted by atomic mass is 16.2. The van der Waals surface area contributed by atoms with Crippen molar-refractivity contribution in [3.8, 4) is 0 Å². The molecule has 0 radical (unpaired) electrons. The number of carbonyl (C=O) groups excluding carboxylic acids is 3. The van der Waals surface area contributed by atoms with E-state index in [1.165, 1.54) is 31.2 Å². The SMILES string of the molecule is CC1CCC(Cc2ccc3c4c(cccc24)C(=O)N3C2CCC(=O)NC2=O)CC1. The molecule has 1 saturated heterocycles. The average molecular weight is 390 g/mol. The van der Waals surface area contributed by atoms with E-state index < -0.39 is 6.04 Å². The first-order chi connectivity index (χ1) is 14.0. The van der Waals surface area contributed by atoms with Gasteiger partial charge >= 0.3 is 0 Å². The third-order valence-electron chi connectivity index (χ3n) is 6.98. The average Bonchev–Trinajstić information content (AvgIpc) is 2.99. The molecule has 5 rings (SSSR count). The first-order valence-electron chi connectivity index (χ1n) is 10.7. The smallest absolute Gasteiger partial charge is 0.259 e. The van der Waals surface area contributed by atoms with Crippen LogP contribution in [-0.2, 0) is 16.0 Å². The van der Waals surface area contributed by atoms with Gasteiger partial charge in [-0.2, -0.15) is 0 Å². The van der Waals surface area contributed by atoms with Gasteiger partial charge in [0.2, 0.25) is 11.8 Å². The van der Waals surface area contributed by atoms with Crippen LogP contribution in [-0.4, -0.2) is 23.8 Å². The molecule has 1 N–H and O–H groups in total. The number of hydrogen-bond acceptors (Lipinski definition) is 3. The minimum Gasteiger partial charge on any atom is -0.295 e. The van der Waals surface area contributed by atoms with E-state index in [0.717, 1.165) is 28.8 Å². The third-order valence-corrected chi connectivity index (χ3v) is 6.98. The largest absolute Gasteiger partial charge is 0.295 e. The number of hydrogen-bond donors (Lipinski definition) is 1. The Morgan fingerprint density at radius 2 is 1.79 bits per heavy atom. The molecule has 150 valence electrons. The fraction of sp³-hybridized carbons (Fsp3) is 0.458. The number of rotatable bonds is 3. The molecule has 1 atom stereocenters. The van der Waals surface area contributed by atoms with Crippen molar-refractivity contribution >= 4 is 34.2 Å². The van der Waals surface area contributed by atoms with Gasteiger partial charge in [-0.15, -0.1) is 0 Å². The zero-order valence-electron chi connectivity index (χ0n) is 16.7. The number of nitrogens with zero attached hydrogens (tertiary/aromatic N) is 1. The Morgan fingerprint density at radius 3 is 2.55 bits per heavy atom. The van der Waals surface area contributed by atoms with Gasteiger partial charge in [0, 0.05) is 17.4 Å². The quantitative estimate of drug-likeness (QED) is 0.807. The summed E-state index contributed by atoms with van der Waals surface area (Å²) in [6.45, 7) is 2.34. The Hall–Kier alpha value is -2.69. The first kappa shape index (κ1) is 18.3. The number of carbonyl (C=O) groups is 3. The molecule has 2 aliphatic heterocycles. The second kappa shape index (κ2) is 6.97. The second-order valence-corrected chi connectivity index (χ2v) is 8.94. The van der Waals surface area contributed by atoms with E-state index in [-0.39, 0.29) is 24.1 Å². The molecular formula is C24H26N2O3. The number of nitrogens with one attached hydrogen (secondary N) is 1. The van der Waals surface area contributed by atoms with E-state index in [4.69, 9.17) is 0 Å². The third kappa shape index (κ3) is 3.04. The molecule has 0 bridgehead atoms. The predicted octanol–water partition coefficient (Wildman–Crippen LogP) is 3.97. The van der Waals surface area contributed by atoms with E-state index in [0.29, 0.717) is 17.9 Å². The van der Waals surface area contributed by atoms with Gasteiger partial charge in [-0.25, -0.2) is 0 Å². The normalized spacial score (nSPS) is 26.9. The van der Waals surface area contributed by atoms with Gasteiger partial charge in [0.25, 0.3) is 5.91 Å². The summed E-state index contributed by atoms with van der Waals surface area (Å²) >= 11 is 0. The van der Waals surface area contributed by atoms with Crippen molar-refractivity contribution in [2.75, 3.05) is 4.90 Å². The van der Waals surface area contributed by atoms with Crippen LogP contribution in [0.2, 0.25) is 0 Å². The summed E-state index contributed by atoms with van der Waals surface area (Å²) in [6.07, 6.45) is 6.81. The predicted molar refractivity (Wildman–Crippen MR) is 112 cm³/mol. The summed E-state index contributed by atoms with van der Waals surface area (Å²) in [6, 6.07) is 9.41. The molecule has 2 heterocycles. The van der Waals surface area contributed by atoms with Gasteiger partial charge in [0.05, 0.1) is 5.69 Å². The summed E-state index contributed by atoms with van der Waals surface area (Å²) in [5.74, 6) is 0.753. The standard InChI is InChI=1S/C24H26N2O3/c1-14-5-7-15(8-6-14)13-16-9-10-19-22-17(16)3-2-4-18(22)24(29)26(19)20-11-12-21(27)25-23(20)28/h2-4,9-10,14-15,20H,5-8,11-13H2,1H3,(H,25,27,28). The molecular weight excluding hydrogens is 364 g/mol. The van der Waals surface area contributed by atoms with Crippen LogP contribution in [0.1, 0.15) is 61.4 Å². The van der Waals surface area contributed by atoms with Crippen molar-refractivity contribution in [3.63, 3.8) is 0 Å². The van der Waals surface area contributed by atoms with Crippen LogP contribution in [0.5, 0.6) is 0 Å². The number of amides is 3. The van der Waals surface area contributed by atoms with E-state index >= 15 is 0 Å². The highest BCUT2D eigenvalue weighted by Crippen LogP contribution is 2.42.